The predicted octanol–water partition coefficient (Wildman–Crippen LogP) is 4.42. The molecule has 1 heterocycles. The predicted molar refractivity (Wildman–Crippen MR) is 107 cm³/mol. The SMILES string of the molecule is CCOC(=O)C1=C(C)N(c2ccc(Br)cc2)C(=O)C1=Cc1ccc(O)cc1. The number of benzene rings is 2. The summed E-state index contributed by atoms with van der Waals surface area (Å²) in [5.74, 6) is -0.706. The summed E-state index contributed by atoms with van der Waals surface area (Å²) in [6.45, 7) is 3.67. The molecule has 1 aliphatic heterocycles. The number of phenolic OH excluding ortho intramolecular Hbond substituents is 1. The Morgan fingerprint density at radius 1 is 1.15 bits per heavy atom. The van der Waals surface area contributed by atoms with E-state index in [9.17, 15) is 14.7 Å². The van der Waals surface area contributed by atoms with Crippen LogP contribution in [0.1, 0.15) is 19.4 Å². The van der Waals surface area contributed by atoms with Crippen molar-refractivity contribution in [3.63, 3.8) is 0 Å². The number of hydrogen-bond donors (Lipinski definition) is 1. The van der Waals surface area contributed by atoms with Crippen LogP contribution in [0.3, 0.4) is 0 Å². The van der Waals surface area contributed by atoms with Gasteiger partial charge in [0, 0.05) is 15.9 Å². The standard InChI is InChI=1S/C21H18BrNO4/c1-3-27-21(26)19-13(2)23(16-8-6-15(22)7-9-16)20(25)18(19)12-14-4-10-17(24)11-5-14/h4-12,24H,3H2,1-2H3. The van der Waals surface area contributed by atoms with Crippen molar-refractivity contribution in [2.45, 2.75) is 13.8 Å². The Bertz CT molecular complexity index is 943. The van der Waals surface area contributed by atoms with Crippen LogP contribution in [-0.2, 0) is 14.3 Å². The summed E-state index contributed by atoms with van der Waals surface area (Å²) in [4.78, 5) is 27.2. The van der Waals surface area contributed by atoms with Gasteiger partial charge in [0.15, 0.2) is 0 Å². The first-order chi connectivity index (χ1) is 12.9. The van der Waals surface area contributed by atoms with Gasteiger partial charge in [0.25, 0.3) is 5.91 Å². The molecule has 27 heavy (non-hydrogen) atoms. The molecule has 0 saturated heterocycles. The van der Waals surface area contributed by atoms with Gasteiger partial charge in [-0.3, -0.25) is 9.69 Å². The summed E-state index contributed by atoms with van der Waals surface area (Å²) in [6.07, 6.45) is 1.64. The lowest BCUT2D eigenvalue weighted by molar-refractivity contribution is -0.138. The number of carbonyl (C=O) groups excluding carboxylic acids is 2. The van der Waals surface area contributed by atoms with Gasteiger partial charge < -0.3 is 9.84 Å². The van der Waals surface area contributed by atoms with E-state index in [0.29, 0.717) is 16.9 Å². The van der Waals surface area contributed by atoms with Crippen molar-refractivity contribution in [3.05, 3.63) is 75.4 Å². The zero-order chi connectivity index (χ0) is 19.6. The maximum atomic E-state index is 13.1. The van der Waals surface area contributed by atoms with Crippen molar-refractivity contribution in [2.24, 2.45) is 0 Å². The number of nitrogens with zero attached hydrogens (tertiary/aromatic N) is 1. The van der Waals surface area contributed by atoms with Crippen LogP contribution < -0.4 is 4.90 Å². The first-order valence-corrected chi connectivity index (χ1v) is 9.20. The Morgan fingerprint density at radius 3 is 2.37 bits per heavy atom. The molecule has 1 amide bonds. The second-order valence-corrected chi connectivity index (χ2v) is 6.86. The van der Waals surface area contributed by atoms with E-state index in [4.69, 9.17) is 4.74 Å². The van der Waals surface area contributed by atoms with Gasteiger partial charge in [0.1, 0.15) is 5.75 Å². The molecule has 3 rings (SSSR count). The Kier molecular flexibility index (Phi) is 5.46. The monoisotopic (exact) mass is 427 g/mol. The lowest BCUT2D eigenvalue weighted by Gasteiger charge is -2.18. The molecule has 6 heteroatoms. The summed E-state index contributed by atoms with van der Waals surface area (Å²) < 4.78 is 6.06. The Hall–Kier alpha value is -2.86. The average molecular weight is 428 g/mol. The molecular weight excluding hydrogens is 410 g/mol. The molecule has 0 aromatic heterocycles. The highest BCUT2D eigenvalue weighted by Gasteiger charge is 2.38. The molecule has 1 aliphatic rings. The number of carbonyl (C=O) groups is 2. The van der Waals surface area contributed by atoms with Crippen molar-refractivity contribution in [3.8, 4) is 5.75 Å². The number of aromatic hydroxyl groups is 1. The molecule has 5 nitrogen and oxygen atoms in total. The minimum atomic E-state index is -0.534. The molecule has 0 bridgehead atoms. The van der Waals surface area contributed by atoms with Crippen LogP contribution in [0.5, 0.6) is 5.75 Å². The lowest BCUT2D eigenvalue weighted by Crippen LogP contribution is -2.24. The van der Waals surface area contributed by atoms with Crippen LogP contribution >= 0.6 is 15.9 Å². The van der Waals surface area contributed by atoms with Crippen LogP contribution in [0.4, 0.5) is 5.69 Å². The number of ether oxygens (including phenoxy) is 1. The van der Waals surface area contributed by atoms with Crippen molar-refractivity contribution in [2.75, 3.05) is 11.5 Å². The van der Waals surface area contributed by atoms with Crippen LogP contribution in [0.2, 0.25) is 0 Å². The Balaban J connectivity index is 2.11. The van der Waals surface area contributed by atoms with E-state index in [2.05, 4.69) is 15.9 Å². The minimum Gasteiger partial charge on any atom is -0.508 e. The summed E-state index contributed by atoms with van der Waals surface area (Å²) in [6, 6.07) is 13.7. The van der Waals surface area contributed by atoms with Crippen LogP contribution in [0.15, 0.2) is 69.8 Å². The zero-order valence-electron chi connectivity index (χ0n) is 14.9. The molecule has 0 saturated carbocycles. The van der Waals surface area contributed by atoms with Gasteiger partial charge in [-0.25, -0.2) is 4.79 Å². The lowest BCUT2D eigenvalue weighted by atomic mass is 10.0. The van der Waals surface area contributed by atoms with E-state index >= 15 is 0 Å². The number of anilines is 1. The van der Waals surface area contributed by atoms with Crippen molar-refractivity contribution >= 4 is 39.6 Å². The normalized spacial score (nSPS) is 15.6. The quantitative estimate of drug-likeness (QED) is 0.579. The number of phenols is 1. The Morgan fingerprint density at radius 2 is 1.78 bits per heavy atom. The topological polar surface area (TPSA) is 66.8 Å². The highest BCUT2D eigenvalue weighted by molar-refractivity contribution is 9.10. The first-order valence-electron chi connectivity index (χ1n) is 8.41. The van der Waals surface area contributed by atoms with Gasteiger partial charge in [-0.2, -0.15) is 0 Å². The van der Waals surface area contributed by atoms with E-state index in [-0.39, 0.29) is 29.4 Å². The van der Waals surface area contributed by atoms with E-state index < -0.39 is 5.97 Å². The fourth-order valence-corrected chi connectivity index (χ4v) is 3.18. The summed E-state index contributed by atoms with van der Waals surface area (Å²) in [7, 11) is 0. The fourth-order valence-electron chi connectivity index (χ4n) is 2.92. The molecular formula is C21H18BrNO4. The van der Waals surface area contributed by atoms with Crippen LogP contribution in [0.25, 0.3) is 6.08 Å². The minimum absolute atomic E-state index is 0.128. The first kappa shape index (κ1) is 18.9. The zero-order valence-corrected chi connectivity index (χ0v) is 16.5. The van der Waals surface area contributed by atoms with E-state index in [1.54, 1.807) is 44.2 Å². The van der Waals surface area contributed by atoms with Gasteiger partial charge in [-0.05, 0) is 61.9 Å². The highest BCUT2D eigenvalue weighted by atomic mass is 79.9. The van der Waals surface area contributed by atoms with Gasteiger partial charge in [0.05, 0.1) is 17.8 Å². The number of amides is 1. The molecule has 0 radical (unpaired) electrons. The number of esters is 1. The van der Waals surface area contributed by atoms with Crippen LogP contribution in [-0.4, -0.2) is 23.6 Å². The Labute approximate surface area is 165 Å². The summed E-state index contributed by atoms with van der Waals surface area (Å²) >= 11 is 3.38. The second kappa shape index (κ2) is 7.80. The fraction of sp³-hybridized carbons (Fsp3) is 0.143. The molecule has 0 unspecified atom stereocenters. The van der Waals surface area contributed by atoms with Crippen molar-refractivity contribution in [1.29, 1.82) is 0 Å². The summed E-state index contributed by atoms with van der Waals surface area (Å²) in [5.41, 5.74) is 2.39. The number of allylic oxidation sites excluding steroid dienone is 1. The van der Waals surface area contributed by atoms with Gasteiger partial charge >= 0.3 is 5.97 Å². The summed E-state index contributed by atoms with van der Waals surface area (Å²) in [5, 5.41) is 9.45. The van der Waals surface area contributed by atoms with E-state index in [1.807, 2.05) is 12.1 Å². The molecule has 0 fully saturated rings. The molecule has 0 aliphatic carbocycles. The molecule has 0 atom stereocenters. The molecule has 2 aromatic rings. The third-order valence-electron chi connectivity index (χ3n) is 4.17. The van der Waals surface area contributed by atoms with Crippen molar-refractivity contribution < 1.29 is 19.4 Å². The maximum absolute atomic E-state index is 13.1. The van der Waals surface area contributed by atoms with Crippen molar-refractivity contribution in [1.82, 2.24) is 0 Å². The number of halogens is 1. The third kappa shape index (κ3) is 3.80. The average Bonchev–Trinajstić information content (AvgIpc) is 2.88. The van der Waals surface area contributed by atoms with Gasteiger partial charge in [-0.15, -0.1) is 0 Å². The highest BCUT2D eigenvalue weighted by Crippen LogP contribution is 2.36. The van der Waals surface area contributed by atoms with Gasteiger partial charge in [0.2, 0.25) is 0 Å². The third-order valence-corrected chi connectivity index (χ3v) is 4.70. The molecule has 1 N–H and O–H groups in total. The van der Waals surface area contributed by atoms with E-state index in [0.717, 1.165) is 4.47 Å². The molecule has 0 spiro atoms. The number of rotatable bonds is 4. The van der Waals surface area contributed by atoms with E-state index in [1.165, 1.54) is 17.0 Å². The molecule has 138 valence electrons. The molecule has 2 aromatic carbocycles. The maximum Gasteiger partial charge on any atom is 0.340 e. The van der Waals surface area contributed by atoms with Crippen LogP contribution in [0, 0.1) is 0 Å². The second-order valence-electron chi connectivity index (χ2n) is 5.95. The van der Waals surface area contributed by atoms with Gasteiger partial charge in [-0.1, -0.05) is 28.1 Å². The number of hydrogen-bond acceptors (Lipinski definition) is 4. The largest absolute Gasteiger partial charge is 0.508 e. The smallest absolute Gasteiger partial charge is 0.340 e.